The Labute approximate surface area is 98.4 Å². The van der Waals surface area contributed by atoms with Gasteiger partial charge >= 0.3 is 0 Å². The molecule has 0 bridgehead atoms. The molecule has 0 heterocycles. The average molecular weight is 250 g/mol. The van der Waals surface area contributed by atoms with Crippen molar-refractivity contribution in [2.45, 2.75) is 45.1 Å². The quantitative estimate of drug-likeness (QED) is 0.488. The van der Waals surface area contributed by atoms with E-state index >= 15 is 0 Å². The number of rotatable bonds is 8. The molecule has 1 rings (SSSR count). The van der Waals surface area contributed by atoms with Crippen molar-refractivity contribution in [1.29, 1.82) is 0 Å². The standard InChI is InChI=1S/C11H22O4S/c1-3-4-6-14-7-5-10-8-11(9-10)15-16(2,12)13/h10-11H,3-9H2,1-2H3. The lowest BCUT2D eigenvalue weighted by Gasteiger charge is -2.33. The highest BCUT2D eigenvalue weighted by atomic mass is 32.2. The molecule has 96 valence electrons. The molecule has 1 aliphatic carbocycles. The van der Waals surface area contributed by atoms with Crippen LogP contribution in [0.2, 0.25) is 0 Å². The second-order valence-corrected chi connectivity index (χ2v) is 6.12. The van der Waals surface area contributed by atoms with Crippen LogP contribution < -0.4 is 0 Å². The average Bonchev–Trinajstić information content (AvgIpc) is 2.11. The first-order valence-corrected chi connectivity index (χ1v) is 7.79. The second-order valence-electron chi connectivity index (χ2n) is 4.51. The zero-order chi connectivity index (χ0) is 12.0. The second kappa shape index (κ2) is 6.57. The fourth-order valence-corrected chi connectivity index (χ4v) is 2.49. The van der Waals surface area contributed by atoms with E-state index < -0.39 is 10.1 Å². The summed E-state index contributed by atoms with van der Waals surface area (Å²) < 4.78 is 32.0. The normalized spacial score (nSPS) is 25.4. The molecule has 0 N–H and O–H groups in total. The van der Waals surface area contributed by atoms with Crippen LogP contribution in [0.1, 0.15) is 39.0 Å². The van der Waals surface area contributed by atoms with E-state index in [1.807, 2.05) is 0 Å². The molecule has 1 saturated carbocycles. The van der Waals surface area contributed by atoms with Crippen molar-refractivity contribution < 1.29 is 17.3 Å². The number of hydrogen-bond acceptors (Lipinski definition) is 4. The van der Waals surface area contributed by atoms with Gasteiger partial charge in [0.15, 0.2) is 0 Å². The van der Waals surface area contributed by atoms with Crippen LogP contribution in [0, 0.1) is 5.92 Å². The van der Waals surface area contributed by atoms with E-state index in [2.05, 4.69) is 6.92 Å². The Bertz CT molecular complexity index is 280. The van der Waals surface area contributed by atoms with Crippen molar-refractivity contribution in [2.24, 2.45) is 5.92 Å². The first kappa shape index (κ1) is 13.9. The molecule has 5 heteroatoms. The van der Waals surface area contributed by atoms with Gasteiger partial charge in [-0.05, 0) is 31.6 Å². The molecule has 0 saturated heterocycles. The molecule has 1 aliphatic rings. The van der Waals surface area contributed by atoms with Gasteiger partial charge in [-0.1, -0.05) is 13.3 Å². The lowest BCUT2D eigenvalue weighted by atomic mass is 9.80. The van der Waals surface area contributed by atoms with Crippen molar-refractivity contribution in [3.8, 4) is 0 Å². The molecule has 0 spiro atoms. The molecular weight excluding hydrogens is 228 g/mol. The van der Waals surface area contributed by atoms with Gasteiger partial charge in [-0.3, -0.25) is 4.18 Å². The van der Waals surface area contributed by atoms with E-state index in [0.717, 1.165) is 51.6 Å². The summed E-state index contributed by atoms with van der Waals surface area (Å²) in [6.07, 6.45) is 6.02. The summed E-state index contributed by atoms with van der Waals surface area (Å²) in [5, 5.41) is 0. The Balaban J connectivity index is 1.96. The summed E-state index contributed by atoms with van der Waals surface area (Å²) in [6.45, 7) is 3.77. The van der Waals surface area contributed by atoms with Gasteiger partial charge in [-0.25, -0.2) is 0 Å². The maximum absolute atomic E-state index is 10.8. The zero-order valence-electron chi connectivity index (χ0n) is 10.1. The van der Waals surface area contributed by atoms with Crippen molar-refractivity contribution in [2.75, 3.05) is 19.5 Å². The predicted molar refractivity (Wildman–Crippen MR) is 62.8 cm³/mol. The van der Waals surface area contributed by atoms with Gasteiger partial charge in [0, 0.05) is 13.2 Å². The van der Waals surface area contributed by atoms with Gasteiger partial charge in [0.25, 0.3) is 10.1 Å². The van der Waals surface area contributed by atoms with Crippen LogP contribution in [0.25, 0.3) is 0 Å². The molecule has 4 nitrogen and oxygen atoms in total. The van der Waals surface area contributed by atoms with E-state index in [9.17, 15) is 8.42 Å². The zero-order valence-corrected chi connectivity index (χ0v) is 11.0. The minimum absolute atomic E-state index is 0.0874. The molecule has 1 fully saturated rings. The highest BCUT2D eigenvalue weighted by Crippen LogP contribution is 2.33. The summed E-state index contributed by atoms with van der Waals surface area (Å²) in [5.41, 5.74) is 0. The van der Waals surface area contributed by atoms with Gasteiger partial charge in [-0.15, -0.1) is 0 Å². The largest absolute Gasteiger partial charge is 0.381 e. The van der Waals surface area contributed by atoms with Crippen LogP contribution in [0.3, 0.4) is 0 Å². The Kier molecular flexibility index (Phi) is 5.72. The van der Waals surface area contributed by atoms with E-state index in [-0.39, 0.29) is 6.10 Å². The van der Waals surface area contributed by atoms with E-state index in [4.69, 9.17) is 8.92 Å². The lowest BCUT2D eigenvalue weighted by Crippen LogP contribution is -2.33. The third-order valence-corrected chi connectivity index (χ3v) is 3.44. The number of unbranched alkanes of at least 4 members (excludes halogenated alkanes) is 1. The molecule has 0 aromatic carbocycles. The van der Waals surface area contributed by atoms with Crippen LogP contribution in [-0.4, -0.2) is 34.0 Å². The van der Waals surface area contributed by atoms with Crippen LogP contribution >= 0.6 is 0 Å². The van der Waals surface area contributed by atoms with Gasteiger partial charge in [0.05, 0.1) is 12.4 Å². The van der Waals surface area contributed by atoms with Crippen LogP contribution in [0.15, 0.2) is 0 Å². The third-order valence-electron chi connectivity index (χ3n) is 2.82. The minimum atomic E-state index is -3.27. The molecule has 16 heavy (non-hydrogen) atoms. The fourth-order valence-electron chi connectivity index (χ4n) is 1.83. The van der Waals surface area contributed by atoms with E-state index in [1.54, 1.807) is 0 Å². The van der Waals surface area contributed by atoms with Crippen LogP contribution in [-0.2, 0) is 19.0 Å². The molecule has 0 aliphatic heterocycles. The van der Waals surface area contributed by atoms with E-state index in [0.29, 0.717) is 5.92 Å². The van der Waals surface area contributed by atoms with Crippen LogP contribution in [0.4, 0.5) is 0 Å². The monoisotopic (exact) mass is 250 g/mol. The van der Waals surface area contributed by atoms with Gasteiger partial charge in [0.2, 0.25) is 0 Å². The molecule has 0 atom stereocenters. The lowest BCUT2D eigenvalue weighted by molar-refractivity contribution is 0.0413. The van der Waals surface area contributed by atoms with Crippen molar-refractivity contribution in [3.05, 3.63) is 0 Å². The Hall–Kier alpha value is -0.130. The summed E-state index contributed by atoms with van der Waals surface area (Å²) in [4.78, 5) is 0. The highest BCUT2D eigenvalue weighted by molar-refractivity contribution is 7.86. The summed E-state index contributed by atoms with van der Waals surface area (Å²) >= 11 is 0. The topological polar surface area (TPSA) is 52.6 Å². The predicted octanol–water partition coefficient (Wildman–Crippen LogP) is 1.95. The molecule has 0 aromatic heterocycles. The molecule has 0 amide bonds. The number of hydrogen-bond donors (Lipinski definition) is 0. The minimum Gasteiger partial charge on any atom is -0.381 e. The van der Waals surface area contributed by atoms with Crippen molar-refractivity contribution >= 4 is 10.1 Å². The first-order valence-electron chi connectivity index (χ1n) is 5.97. The van der Waals surface area contributed by atoms with Crippen molar-refractivity contribution in [1.82, 2.24) is 0 Å². The van der Waals surface area contributed by atoms with Crippen LogP contribution in [0.5, 0.6) is 0 Å². The maximum Gasteiger partial charge on any atom is 0.264 e. The maximum atomic E-state index is 10.8. The van der Waals surface area contributed by atoms with Gasteiger partial charge < -0.3 is 4.74 Å². The number of ether oxygens (including phenoxy) is 1. The highest BCUT2D eigenvalue weighted by Gasteiger charge is 2.31. The molecule has 0 radical (unpaired) electrons. The smallest absolute Gasteiger partial charge is 0.264 e. The molecule has 0 unspecified atom stereocenters. The van der Waals surface area contributed by atoms with Gasteiger partial charge in [0.1, 0.15) is 0 Å². The Morgan fingerprint density at radius 1 is 1.25 bits per heavy atom. The fraction of sp³-hybridized carbons (Fsp3) is 1.00. The molecule has 0 aromatic rings. The molecular formula is C11H22O4S. The Morgan fingerprint density at radius 3 is 2.50 bits per heavy atom. The third kappa shape index (κ3) is 5.82. The summed E-state index contributed by atoms with van der Waals surface area (Å²) in [5.74, 6) is 0.577. The van der Waals surface area contributed by atoms with Gasteiger partial charge in [-0.2, -0.15) is 8.42 Å². The van der Waals surface area contributed by atoms with Crippen molar-refractivity contribution in [3.63, 3.8) is 0 Å². The van der Waals surface area contributed by atoms with E-state index in [1.165, 1.54) is 0 Å². The summed E-state index contributed by atoms with van der Waals surface area (Å²) in [7, 11) is -3.27. The Morgan fingerprint density at radius 2 is 1.94 bits per heavy atom. The first-order chi connectivity index (χ1) is 7.51. The summed E-state index contributed by atoms with van der Waals surface area (Å²) in [6, 6.07) is 0. The SMILES string of the molecule is CCCCOCCC1CC(OS(C)(=O)=O)C1.